The van der Waals surface area contributed by atoms with Gasteiger partial charge in [0.25, 0.3) is 0 Å². The maximum atomic E-state index is 11.0. The van der Waals surface area contributed by atoms with Gasteiger partial charge in [-0.15, -0.1) is 0 Å². The third-order valence-corrected chi connectivity index (χ3v) is 3.25. The molecule has 0 spiro atoms. The molecule has 17 heavy (non-hydrogen) atoms. The average Bonchev–Trinajstić information content (AvgIpc) is 2.56. The molecular formula is C12H18ClN3O. The lowest BCUT2D eigenvalue weighted by Gasteiger charge is -2.14. The molecule has 5 heteroatoms. The monoisotopic (exact) mass is 255 g/mol. The van der Waals surface area contributed by atoms with Gasteiger partial charge in [0.05, 0.1) is 22.5 Å². The van der Waals surface area contributed by atoms with Crippen molar-refractivity contribution in [3.8, 4) is 0 Å². The Morgan fingerprint density at radius 1 is 1.65 bits per heavy atom. The molecule has 1 N–H and O–H groups in total. The zero-order valence-corrected chi connectivity index (χ0v) is 11.2. The van der Waals surface area contributed by atoms with E-state index < -0.39 is 0 Å². The van der Waals surface area contributed by atoms with E-state index in [0.29, 0.717) is 11.6 Å². The van der Waals surface area contributed by atoms with Crippen molar-refractivity contribution in [2.75, 3.05) is 6.54 Å². The largest absolute Gasteiger partial charge is 0.352 e. The Labute approximate surface area is 107 Å². The van der Waals surface area contributed by atoms with Crippen LogP contribution >= 0.6 is 11.6 Å². The lowest BCUT2D eigenvalue weighted by molar-refractivity contribution is -0.116. The van der Waals surface area contributed by atoms with Crippen LogP contribution in [-0.4, -0.2) is 22.2 Å². The first-order valence-electron chi connectivity index (χ1n) is 5.58. The van der Waals surface area contributed by atoms with Crippen molar-refractivity contribution in [3.05, 3.63) is 29.1 Å². The first kappa shape index (κ1) is 13.8. The molecule has 0 aliphatic carbocycles. The van der Waals surface area contributed by atoms with Gasteiger partial charge in [-0.3, -0.25) is 9.48 Å². The van der Waals surface area contributed by atoms with Crippen LogP contribution < -0.4 is 5.32 Å². The third-order valence-electron chi connectivity index (χ3n) is 2.70. The van der Waals surface area contributed by atoms with Gasteiger partial charge >= 0.3 is 0 Å². The number of carbonyl (C=O) groups excluding carboxylic acids is 1. The van der Waals surface area contributed by atoms with Crippen LogP contribution in [0.4, 0.5) is 0 Å². The van der Waals surface area contributed by atoms with E-state index in [1.54, 1.807) is 0 Å². The summed E-state index contributed by atoms with van der Waals surface area (Å²) in [6, 6.07) is 0.200. The van der Waals surface area contributed by atoms with Crippen LogP contribution in [0.5, 0.6) is 0 Å². The quantitative estimate of drug-likeness (QED) is 0.822. The number of aryl methyl sites for hydroxylation is 1. The number of hydrogen-bond acceptors (Lipinski definition) is 2. The van der Waals surface area contributed by atoms with E-state index in [2.05, 4.69) is 23.9 Å². The summed E-state index contributed by atoms with van der Waals surface area (Å²) >= 11 is 6.08. The minimum Gasteiger partial charge on any atom is -0.352 e. The molecule has 0 saturated heterocycles. The van der Waals surface area contributed by atoms with E-state index in [0.717, 1.165) is 17.8 Å². The highest BCUT2D eigenvalue weighted by Gasteiger charge is 2.13. The fourth-order valence-electron chi connectivity index (χ4n) is 1.67. The lowest BCUT2D eigenvalue weighted by atomic mass is 10.2. The Morgan fingerprint density at radius 3 is 2.76 bits per heavy atom. The summed E-state index contributed by atoms with van der Waals surface area (Å²) in [5, 5.41) is 7.84. The molecule has 1 atom stereocenters. The third kappa shape index (κ3) is 3.33. The van der Waals surface area contributed by atoms with E-state index in [1.165, 1.54) is 6.08 Å². The summed E-state index contributed by atoms with van der Waals surface area (Å²) in [4.78, 5) is 11.0. The van der Waals surface area contributed by atoms with Crippen LogP contribution in [0.15, 0.2) is 12.7 Å². The molecule has 0 aromatic carbocycles. The van der Waals surface area contributed by atoms with Crippen molar-refractivity contribution in [2.45, 2.75) is 33.2 Å². The van der Waals surface area contributed by atoms with E-state index in [9.17, 15) is 4.79 Å². The second kappa shape index (κ2) is 5.87. The van der Waals surface area contributed by atoms with Crippen molar-refractivity contribution in [2.24, 2.45) is 0 Å². The molecule has 0 saturated carbocycles. The molecule has 1 aromatic heterocycles. The van der Waals surface area contributed by atoms with E-state index in [1.807, 2.05) is 18.5 Å². The highest BCUT2D eigenvalue weighted by molar-refractivity contribution is 6.31. The van der Waals surface area contributed by atoms with Crippen molar-refractivity contribution in [3.63, 3.8) is 0 Å². The van der Waals surface area contributed by atoms with Gasteiger partial charge in [-0.05, 0) is 33.3 Å². The topological polar surface area (TPSA) is 46.9 Å². The number of aromatic nitrogens is 2. The van der Waals surface area contributed by atoms with Gasteiger partial charge in [0.2, 0.25) is 5.91 Å². The second-order valence-corrected chi connectivity index (χ2v) is 4.44. The standard InChI is InChI=1S/C12H18ClN3O/c1-5-11(17)14-7-6-8(2)16-10(4)12(13)9(3)15-16/h5,8H,1,6-7H2,2-4H3,(H,14,17). The van der Waals surface area contributed by atoms with E-state index in [4.69, 9.17) is 11.6 Å². The molecule has 1 amide bonds. The van der Waals surface area contributed by atoms with Crippen molar-refractivity contribution >= 4 is 17.5 Å². The summed E-state index contributed by atoms with van der Waals surface area (Å²) in [7, 11) is 0. The normalized spacial score (nSPS) is 12.2. The summed E-state index contributed by atoms with van der Waals surface area (Å²) in [6.07, 6.45) is 2.07. The van der Waals surface area contributed by atoms with Crippen molar-refractivity contribution in [1.29, 1.82) is 0 Å². The minimum absolute atomic E-state index is 0.149. The van der Waals surface area contributed by atoms with Gasteiger partial charge < -0.3 is 5.32 Å². The summed E-state index contributed by atoms with van der Waals surface area (Å²) < 4.78 is 1.90. The number of carbonyl (C=O) groups is 1. The maximum absolute atomic E-state index is 11.0. The highest BCUT2D eigenvalue weighted by Crippen LogP contribution is 2.23. The average molecular weight is 256 g/mol. The minimum atomic E-state index is -0.149. The Kier molecular flexibility index (Phi) is 4.75. The zero-order chi connectivity index (χ0) is 13.0. The molecular weight excluding hydrogens is 238 g/mol. The second-order valence-electron chi connectivity index (χ2n) is 4.06. The molecule has 4 nitrogen and oxygen atoms in total. The van der Waals surface area contributed by atoms with Gasteiger partial charge in [0.15, 0.2) is 0 Å². The summed E-state index contributed by atoms with van der Waals surface area (Å²) in [5.74, 6) is -0.149. The molecule has 1 aromatic rings. The summed E-state index contributed by atoms with van der Waals surface area (Å²) in [5.41, 5.74) is 1.80. The molecule has 94 valence electrons. The SMILES string of the molecule is C=CC(=O)NCCC(C)n1nc(C)c(Cl)c1C. The Bertz CT molecular complexity index is 426. The molecule has 1 unspecified atom stereocenters. The fourth-order valence-corrected chi connectivity index (χ4v) is 1.80. The number of halogens is 1. The van der Waals surface area contributed by atoms with Crippen molar-refractivity contribution < 1.29 is 4.79 Å². The van der Waals surface area contributed by atoms with Gasteiger partial charge in [0.1, 0.15) is 0 Å². The molecule has 1 heterocycles. The molecule has 0 aliphatic rings. The lowest BCUT2D eigenvalue weighted by Crippen LogP contribution is -2.24. The van der Waals surface area contributed by atoms with Gasteiger partial charge in [-0.25, -0.2) is 0 Å². The fraction of sp³-hybridized carbons (Fsp3) is 0.500. The highest BCUT2D eigenvalue weighted by atomic mass is 35.5. The van der Waals surface area contributed by atoms with Gasteiger partial charge in [-0.2, -0.15) is 5.10 Å². The number of hydrogen-bond donors (Lipinski definition) is 1. The van der Waals surface area contributed by atoms with Crippen LogP contribution in [0.2, 0.25) is 5.02 Å². The predicted octanol–water partition coefficient (Wildman–Crippen LogP) is 2.41. The Balaban J connectivity index is 2.58. The number of rotatable bonds is 5. The molecule has 1 rings (SSSR count). The molecule has 0 aliphatic heterocycles. The maximum Gasteiger partial charge on any atom is 0.243 e. The Morgan fingerprint density at radius 2 is 2.29 bits per heavy atom. The first-order valence-corrected chi connectivity index (χ1v) is 5.96. The van der Waals surface area contributed by atoms with Crippen LogP contribution in [0.25, 0.3) is 0 Å². The number of amides is 1. The van der Waals surface area contributed by atoms with Crippen LogP contribution in [-0.2, 0) is 4.79 Å². The van der Waals surface area contributed by atoms with Gasteiger partial charge in [0, 0.05) is 6.54 Å². The van der Waals surface area contributed by atoms with E-state index >= 15 is 0 Å². The zero-order valence-electron chi connectivity index (χ0n) is 10.5. The Hall–Kier alpha value is -1.29. The molecule has 0 fully saturated rings. The number of nitrogens with one attached hydrogen (secondary N) is 1. The summed E-state index contributed by atoms with van der Waals surface area (Å²) in [6.45, 7) is 9.88. The number of nitrogens with zero attached hydrogens (tertiary/aromatic N) is 2. The first-order chi connectivity index (χ1) is 7.97. The van der Waals surface area contributed by atoms with Crippen LogP contribution in [0, 0.1) is 13.8 Å². The van der Waals surface area contributed by atoms with Gasteiger partial charge in [-0.1, -0.05) is 18.2 Å². The predicted molar refractivity (Wildman–Crippen MR) is 69.2 cm³/mol. The van der Waals surface area contributed by atoms with E-state index in [-0.39, 0.29) is 11.9 Å². The molecule has 0 bridgehead atoms. The molecule has 0 radical (unpaired) electrons. The van der Waals surface area contributed by atoms with Crippen LogP contribution in [0.3, 0.4) is 0 Å². The van der Waals surface area contributed by atoms with Crippen molar-refractivity contribution in [1.82, 2.24) is 15.1 Å². The smallest absolute Gasteiger partial charge is 0.243 e. The van der Waals surface area contributed by atoms with Crippen LogP contribution in [0.1, 0.15) is 30.8 Å².